The lowest BCUT2D eigenvalue weighted by Gasteiger charge is -2.20. The van der Waals surface area contributed by atoms with Crippen LogP contribution in [0, 0.1) is 0 Å². The topological polar surface area (TPSA) is 105 Å². The minimum atomic E-state index is -1.09. The molecule has 0 aliphatic heterocycles. The van der Waals surface area contributed by atoms with E-state index in [0.717, 1.165) is 27.8 Å². The van der Waals surface area contributed by atoms with Crippen molar-refractivity contribution in [3.05, 3.63) is 71.3 Å². The second-order valence-corrected chi connectivity index (χ2v) is 8.75. The Morgan fingerprint density at radius 3 is 2.12 bits per heavy atom. The van der Waals surface area contributed by atoms with E-state index in [1.165, 1.54) is 0 Å². The van der Waals surface area contributed by atoms with Crippen LogP contribution in [0.25, 0.3) is 11.1 Å². The van der Waals surface area contributed by atoms with E-state index in [-0.39, 0.29) is 25.4 Å². The lowest BCUT2D eigenvalue weighted by molar-refractivity contribution is -0.141. The summed E-state index contributed by atoms with van der Waals surface area (Å²) in [6.45, 7) is 5.77. The summed E-state index contributed by atoms with van der Waals surface area (Å²) in [4.78, 5) is 36.4. The van der Waals surface area contributed by atoms with Gasteiger partial charge >= 0.3 is 12.1 Å². The first-order valence-corrected chi connectivity index (χ1v) is 11.6. The SMILES string of the molecule is CC[C@@H](CC(=O)NC(CC=C(C)C)C(=O)O)NC(=O)OCC1c2ccccc2-c2ccccc21. The quantitative estimate of drug-likeness (QED) is 0.445. The lowest BCUT2D eigenvalue weighted by atomic mass is 9.98. The molecule has 0 aromatic heterocycles. The first kappa shape index (κ1) is 25.0. The molecule has 0 saturated carbocycles. The zero-order valence-corrected chi connectivity index (χ0v) is 19.8. The summed E-state index contributed by atoms with van der Waals surface area (Å²) in [6, 6.07) is 14.7. The number of carbonyl (C=O) groups excluding carboxylic acids is 2. The maximum absolute atomic E-state index is 12.5. The van der Waals surface area contributed by atoms with Crippen molar-refractivity contribution in [3.63, 3.8) is 0 Å². The number of carbonyl (C=O) groups is 3. The Bertz CT molecular complexity index is 1030. The summed E-state index contributed by atoms with van der Waals surface area (Å²) >= 11 is 0. The van der Waals surface area contributed by atoms with Crippen LogP contribution < -0.4 is 10.6 Å². The highest BCUT2D eigenvalue weighted by atomic mass is 16.5. The second kappa shape index (κ2) is 11.5. The third-order valence-electron chi connectivity index (χ3n) is 5.99. The van der Waals surface area contributed by atoms with Crippen molar-refractivity contribution in [1.29, 1.82) is 0 Å². The summed E-state index contributed by atoms with van der Waals surface area (Å²) in [5.74, 6) is -1.57. The van der Waals surface area contributed by atoms with Gasteiger partial charge in [0, 0.05) is 18.4 Å². The highest BCUT2D eigenvalue weighted by Crippen LogP contribution is 2.44. The maximum Gasteiger partial charge on any atom is 0.407 e. The fourth-order valence-corrected chi connectivity index (χ4v) is 4.16. The van der Waals surface area contributed by atoms with Crippen LogP contribution in [0.3, 0.4) is 0 Å². The molecule has 2 atom stereocenters. The summed E-state index contributed by atoms with van der Waals surface area (Å²) in [5, 5.41) is 14.6. The molecular formula is C27H32N2O5. The Hall–Kier alpha value is -3.61. The first-order valence-electron chi connectivity index (χ1n) is 11.6. The predicted molar refractivity (Wildman–Crippen MR) is 131 cm³/mol. The molecule has 2 amide bonds. The normalized spacial score (nSPS) is 13.7. The fraction of sp³-hybridized carbons (Fsp3) is 0.370. The Morgan fingerprint density at radius 1 is 1.00 bits per heavy atom. The molecule has 180 valence electrons. The molecule has 1 aliphatic rings. The van der Waals surface area contributed by atoms with Crippen molar-refractivity contribution in [2.75, 3.05) is 6.61 Å². The summed E-state index contributed by atoms with van der Waals surface area (Å²) in [7, 11) is 0. The zero-order valence-electron chi connectivity index (χ0n) is 19.8. The first-order chi connectivity index (χ1) is 16.3. The number of aliphatic carboxylic acids is 1. The molecule has 1 aliphatic carbocycles. The molecule has 0 fully saturated rings. The van der Waals surface area contributed by atoms with Crippen molar-refractivity contribution >= 4 is 18.0 Å². The molecular weight excluding hydrogens is 432 g/mol. The molecule has 0 saturated heterocycles. The molecule has 0 heterocycles. The predicted octanol–water partition coefficient (Wildman–Crippen LogP) is 4.62. The molecule has 34 heavy (non-hydrogen) atoms. The third-order valence-corrected chi connectivity index (χ3v) is 5.99. The summed E-state index contributed by atoms with van der Waals surface area (Å²) < 4.78 is 5.55. The van der Waals surface area contributed by atoms with Crippen molar-refractivity contribution in [2.24, 2.45) is 0 Å². The standard InChI is InChI=1S/C27H32N2O5/c1-4-18(15-25(30)29-24(26(31)32)14-13-17(2)3)28-27(33)34-16-23-21-11-7-5-9-19(21)20-10-6-8-12-22(20)23/h5-13,18,23-24H,4,14-16H2,1-3H3,(H,28,33)(H,29,30)(H,31,32)/t18-,24?/m0/s1. The number of ether oxygens (including phenoxy) is 1. The largest absolute Gasteiger partial charge is 0.480 e. The maximum atomic E-state index is 12.5. The van der Waals surface area contributed by atoms with Crippen LogP contribution in [0.5, 0.6) is 0 Å². The Labute approximate surface area is 200 Å². The highest BCUT2D eigenvalue weighted by molar-refractivity contribution is 5.84. The monoisotopic (exact) mass is 464 g/mol. The number of allylic oxidation sites excluding steroid dienone is 1. The van der Waals surface area contributed by atoms with Crippen LogP contribution in [0.2, 0.25) is 0 Å². The number of rotatable bonds is 10. The van der Waals surface area contributed by atoms with Gasteiger partial charge in [-0.15, -0.1) is 0 Å². The molecule has 7 heteroatoms. The van der Waals surface area contributed by atoms with Gasteiger partial charge in [0.1, 0.15) is 12.6 Å². The van der Waals surface area contributed by atoms with Crippen molar-refractivity contribution in [3.8, 4) is 11.1 Å². The van der Waals surface area contributed by atoms with E-state index >= 15 is 0 Å². The van der Waals surface area contributed by atoms with Gasteiger partial charge < -0.3 is 20.5 Å². The fourth-order valence-electron chi connectivity index (χ4n) is 4.16. The number of hydrogen-bond acceptors (Lipinski definition) is 4. The van der Waals surface area contributed by atoms with Gasteiger partial charge in [0.2, 0.25) is 5.91 Å². The molecule has 0 radical (unpaired) electrons. The second-order valence-electron chi connectivity index (χ2n) is 8.75. The van der Waals surface area contributed by atoms with Crippen LogP contribution in [-0.2, 0) is 14.3 Å². The van der Waals surface area contributed by atoms with Gasteiger partial charge in [-0.3, -0.25) is 4.79 Å². The van der Waals surface area contributed by atoms with E-state index < -0.39 is 30.1 Å². The van der Waals surface area contributed by atoms with Gasteiger partial charge in [0.15, 0.2) is 0 Å². The van der Waals surface area contributed by atoms with E-state index in [1.54, 1.807) is 6.08 Å². The smallest absolute Gasteiger partial charge is 0.407 e. The van der Waals surface area contributed by atoms with E-state index in [9.17, 15) is 19.5 Å². The Morgan fingerprint density at radius 2 is 1.59 bits per heavy atom. The van der Waals surface area contributed by atoms with Crippen molar-refractivity contribution in [1.82, 2.24) is 10.6 Å². The summed E-state index contributed by atoms with van der Waals surface area (Å²) in [6.07, 6.45) is 1.86. The zero-order chi connectivity index (χ0) is 24.7. The number of carboxylic acids is 1. The molecule has 1 unspecified atom stereocenters. The van der Waals surface area contributed by atoms with Crippen LogP contribution >= 0.6 is 0 Å². The molecule has 2 aromatic rings. The number of alkyl carbamates (subject to hydrolysis) is 1. The number of carboxylic acid groups (broad SMARTS) is 1. The van der Waals surface area contributed by atoms with Gasteiger partial charge in [-0.1, -0.05) is 67.1 Å². The van der Waals surface area contributed by atoms with E-state index in [2.05, 4.69) is 34.9 Å². The molecule has 2 aromatic carbocycles. The minimum absolute atomic E-state index is 0.0285. The van der Waals surface area contributed by atoms with Crippen LogP contribution in [0.1, 0.15) is 57.1 Å². The van der Waals surface area contributed by atoms with E-state index in [0.29, 0.717) is 6.42 Å². The number of amides is 2. The van der Waals surface area contributed by atoms with Gasteiger partial charge in [-0.2, -0.15) is 0 Å². The number of benzene rings is 2. The van der Waals surface area contributed by atoms with Crippen LogP contribution in [0.15, 0.2) is 60.2 Å². The lowest BCUT2D eigenvalue weighted by Crippen LogP contribution is -2.44. The van der Waals surface area contributed by atoms with E-state index in [4.69, 9.17) is 4.74 Å². The highest BCUT2D eigenvalue weighted by Gasteiger charge is 2.29. The van der Waals surface area contributed by atoms with Crippen molar-refractivity contribution < 1.29 is 24.2 Å². The number of nitrogens with one attached hydrogen (secondary N) is 2. The average Bonchev–Trinajstić information content (AvgIpc) is 3.13. The van der Waals surface area contributed by atoms with Crippen LogP contribution in [0.4, 0.5) is 4.79 Å². The van der Waals surface area contributed by atoms with Gasteiger partial charge in [0.25, 0.3) is 0 Å². The number of hydrogen-bond donors (Lipinski definition) is 3. The minimum Gasteiger partial charge on any atom is -0.480 e. The Balaban J connectivity index is 1.55. The molecule has 3 N–H and O–H groups in total. The Kier molecular flexibility index (Phi) is 8.46. The van der Waals surface area contributed by atoms with Gasteiger partial charge in [0.05, 0.1) is 0 Å². The summed E-state index contributed by atoms with van der Waals surface area (Å²) in [5.41, 5.74) is 5.52. The molecule has 0 bridgehead atoms. The molecule has 3 rings (SSSR count). The number of fused-ring (bicyclic) bond motifs is 3. The van der Waals surface area contributed by atoms with E-state index in [1.807, 2.05) is 45.0 Å². The third kappa shape index (κ3) is 6.25. The van der Waals surface area contributed by atoms with Gasteiger partial charge in [-0.25, -0.2) is 9.59 Å². The van der Waals surface area contributed by atoms with Gasteiger partial charge in [-0.05, 0) is 48.9 Å². The molecule has 7 nitrogen and oxygen atoms in total. The van der Waals surface area contributed by atoms with Crippen LogP contribution in [-0.4, -0.2) is 41.8 Å². The van der Waals surface area contributed by atoms with Crippen molar-refractivity contribution in [2.45, 2.75) is 58.0 Å². The molecule has 0 spiro atoms. The average molecular weight is 465 g/mol.